The molecular formula is C29H42N6O5. The number of aldehydes is 1. The van der Waals surface area contributed by atoms with Gasteiger partial charge in [0.15, 0.2) is 0 Å². The van der Waals surface area contributed by atoms with E-state index in [2.05, 4.69) is 31.2 Å². The van der Waals surface area contributed by atoms with E-state index < -0.39 is 47.8 Å². The minimum absolute atomic E-state index is 0.0833. The highest BCUT2D eigenvalue weighted by atomic mass is 16.2. The number of pyridine rings is 2. The molecule has 2 heterocycles. The van der Waals surface area contributed by atoms with Crippen molar-refractivity contribution in [3.8, 4) is 0 Å². The molecule has 0 aliphatic rings. The fourth-order valence-corrected chi connectivity index (χ4v) is 4.10. The molecule has 0 bridgehead atoms. The standard InChI is InChI=1S/C29H42N6O5/c1-8-20(15-36)31-27(38)23(13-16(2)3)33-28(39)24(17(4)5)35-29(40)25(18(6)7)34-26(37)22-10-9-19-14-30-12-11-21(19)32-22/h9-12,14-18,20,23-25H,8,13H2,1-7H3,(H,31,38)(H,33,39)(H,34,37)(H,35,40)/t20-,23-,24-,25-/m0/s1. The fourth-order valence-electron chi connectivity index (χ4n) is 4.10. The normalized spacial score (nSPS) is 14.3. The highest BCUT2D eigenvalue weighted by Gasteiger charge is 2.33. The van der Waals surface area contributed by atoms with Crippen LogP contribution in [0.25, 0.3) is 10.9 Å². The van der Waals surface area contributed by atoms with Crippen molar-refractivity contribution in [1.82, 2.24) is 31.2 Å². The van der Waals surface area contributed by atoms with Gasteiger partial charge >= 0.3 is 0 Å². The maximum Gasteiger partial charge on any atom is 0.270 e. The van der Waals surface area contributed by atoms with Crippen molar-refractivity contribution in [3.63, 3.8) is 0 Å². The van der Waals surface area contributed by atoms with Crippen LogP contribution in [0.15, 0.2) is 30.6 Å². The van der Waals surface area contributed by atoms with Gasteiger partial charge in [-0.05, 0) is 48.8 Å². The predicted molar refractivity (Wildman–Crippen MR) is 152 cm³/mol. The second-order valence-corrected chi connectivity index (χ2v) is 11.0. The number of carbonyl (C=O) groups is 5. The molecule has 0 saturated heterocycles. The first-order chi connectivity index (χ1) is 18.9. The van der Waals surface area contributed by atoms with E-state index in [1.54, 1.807) is 65.2 Å². The number of amides is 4. The van der Waals surface area contributed by atoms with E-state index in [4.69, 9.17) is 0 Å². The quantitative estimate of drug-likeness (QED) is 0.260. The summed E-state index contributed by atoms with van der Waals surface area (Å²) in [6.45, 7) is 12.7. The van der Waals surface area contributed by atoms with E-state index in [1.165, 1.54) is 0 Å². The number of carbonyl (C=O) groups excluding carboxylic acids is 5. The number of aromatic nitrogens is 2. The first-order valence-electron chi connectivity index (χ1n) is 13.8. The van der Waals surface area contributed by atoms with Gasteiger partial charge in [-0.25, -0.2) is 4.98 Å². The first kappa shape index (κ1) is 32.3. The highest BCUT2D eigenvalue weighted by molar-refractivity contribution is 5.99. The summed E-state index contributed by atoms with van der Waals surface area (Å²) in [6.07, 6.45) is 4.67. The van der Waals surface area contributed by atoms with E-state index >= 15 is 0 Å². The molecule has 0 radical (unpaired) electrons. The summed E-state index contributed by atoms with van der Waals surface area (Å²) in [4.78, 5) is 72.2. The molecule has 0 aliphatic carbocycles. The molecule has 218 valence electrons. The molecule has 0 spiro atoms. The smallest absolute Gasteiger partial charge is 0.270 e. The molecule has 0 unspecified atom stereocenters. The zero-order chi connectivity index (χ0) is 30.0. The molecule has 0 fully saturated rings. The van der Waals surface area contributed by atoms with Crippen LogP contribution >= 0.6 is 0 Å². The van der Waals surface area contributed by atoms with Crippen molar-refractivity contribution in [2.24, 2.45) is 17.8 Å². The minimum atomic E-state index is -0.965. The van der Waals surface area contributed by atoms with Crippen molar-refractivity contribution in [2.75, 3.05) is 0 Å². The molecule has 4 amide bonds. The molecule has 4 N–H and O–H groups in total. The fraction of sp³-hybridized carbons (Fsp3) is 0.552. The summed E-state index contributed by atoms with van der Waals surface area (Å²) in [5.41, 5.74) is 0.752. The van der Waals surface area contributed by atoms with Crippen molar-refractivity contribution in [1.29, 1.82) is 0 Å². The van der Waals surface area contributed by atoms with Crippen LogP contribution < -0.4 is 21.3 Å². The third kappa shape index (κ3) is 9.10. The molecule has 4 atom stereocenters. The summed E-state index contributed by atoms with van der Waals surface area (Å²) in [5, 5.41) is 11.7. The molecular weight excluding hydrogens is 512 g/mol. The summed E-state index contributed by atoms with van der Waals surface area (Å²) >= 11 is 0. The minimum Gasteiger partial charge on any atom is -0.345 e. The Hall–Kier alpha value is -3.89. The average Bonchev–Trinajstić information content (AvgIpc) is 2.91. The second-order valence-electron chi connectivity index (χ2n) is 11.0. The van der Waals surface area contributed by atoms with Crippen LogP contribution in [0.2, 0.25) is 0 Å². The van der Waals surface area contributed by atoms with Gasteiger partial charge in [0.2, 0.25) is 17.7 Å². The van der Waals surface area contributed by atoms with E-state index in [1.807, 2.05) is 13.8 Å². The largest absolute Gasteiger partial charge is 0.345 e. The van der Waals surface area contributed by atoms with Gasteiger partial charge in [-0.15, -0.1) is 0 Å². The Morgan fingerprint density at radius 1 is 0.825 bits per heavy atom. The van der Waals surface area contributed by atoms with Crippen LogP contribution in [-0.2, 0) is 19.2 Å². The molecule has 2 aromatic rings. The monoisotopic (exact) mass is 554 g/mol. The maximum atomic E-state index is 13.4. The van der Waals surface area contributed by atoms with E-state index in [-0.39, 0.29) is 23.4 Å². The van der Waals surface area contributed by atoms with Crippen LogP contribution in [0.4, 0.5) is 0 Å². The Kier molecular flexibility index (Phi) is 12.2. The molecule has 11 heteroatoms. The van der Waals surface area contributed by atoms with Gasteiger partial charge < -0.3 is 26.1 Å². The highest BCUT2D eigenvalue weighted by Crippen LogP contribution is 2.13. The third-order valence-electron chi connectivity index (χ3n) is 6.48. The molecule has 0 aromatic carbocycles. The van der Waals surface area contributed by atoms with Crippen LogP contribution in [0.1, 0.15) is 71.8 Å². The number of rotatable bonds is 14. The Bertz CT molecular complexity index is 1200. The van der Waals surface area contributed by atoms with Crippen LogP contribution in [0, 0.1) is 17.8 Å². The van der Waals surface area contributed by atoms with Crippen molar-refractivity contribution in [2.45, 2.75) is 85.5 Å². The summed E-state index contributed by atoms with van der Waals surface area (Å²) in [7, 11) is 0. The lowest BCUT2D eigenvalue weighted by atomic mass is 9.98. The van der Waals surface area contributed by atoms with Crippen molar-refractivity contribution in [3.05, 3.63) is 36.3 Å². The van der Waals surface area contributed by atoms with Gasteiger partial charge in [-0.3, -0.25) is 24.2 Å². The van der Waals surface area contributed by atoms with Crippen LogP contribution in [0.3, 0.4) is 0 Å². The van der Waals surface area contributed by atoms with E-state index in [0.717, 1.165) is 5.39 Å². The van der Waals surface area contributed by atoms with Crippen molar-refractivity contribution >= 4 is 40.8 Å². The van der Waals surface area contributed by atoms with Gasteiger partial charge in [0.1, 0.15) is 30.1 Å². The predicted octanol–water partition coefficient (Wildman–Crippen LogP) is 2.15. The molecule has 0 saturated carbocycles. The average molecular weight is 555 g/mol. The topological polar surface area (TPSA) is 159 Å². The Morgan fingerprint density at radius 2 is 1.45 bits per heavy atom. The number of nitrogens with zero attached hydrogens (tertiary/aromatic N) is 2. The van der Waals surface area contributed by atoms with Gasteiger partial charge in [0.25, 0.3) is 5.91 Å². The molecule has 2 aromatic heterocycles. The summed E-state index contributed by atoms with van der Waals surface area (Å²) in [6, 6.07) is 1.55. The Balaban J connectivity index is 2.17. The molecule has 40 heavy (non-hydrogen) atoms. The van der Waals surface area contributed by atoms with E-state index in [9.17, 15) is 24.0 Å². The maximum absolute atomic E-state index is 13.4. The Labute approximate surface area is 235 Å². The third-order valence-corrected chi connectivity index (χ3v) is 6.48. The first-order valence-corrected chi connectivity index (χ1v) is 13.8. The SMILES string of the molecule is CC[C@@H](C=O)NC(=O)[C@H](CC(C)C)NC(=O)[C@@H](NC(=O)[C@@H](NC(=O)c1ccc2cnccc2n1)C(C)C)C(C)C. The number of fused-ring (bicyclic) bond motifs is 1. The number of hydrogen-bond donors (Lipinski definition) is 4. The van der Waals surface area contributed by atoms with Crippen LogP contribution in [0.5, 0.6) is 0 Å². The second kappa shape index (κ2) is 15.0. The lowest BCUT2D eigenvalue weighted by molar-refractivity contribution is -0.134. The van der Waals surface area contributed by atoms with Gasteiger partial charge in [0.05, 0.1) is 11.6 Å². The van der Waals surface area contributed by atoms with Gasteiger partial charge in [-0.1, -0.05) is 48.5 Å². The molecule has 2 rings (SSSR count). The van der Waals surface area contributed by atoms with Gasteiger partial charge in [0, 0.05) is 17.8 Å². The summed E-state index contributed by atoms with van der Waals surface area (Å²) < 4.78 is 0. The van der Waals surface area contributed by atoms with Crippen molar-refractivity contribution < 1.29 is 24.0 Å². The summed E-state index contributed by atoms with van der Waals surface area (Å²) in [5.74, 6) is -2.56. The lowest BCUT2D eigenvalue weighted by Crippen LogP contribution is -2.59. The zero-order valence-corrected chi connectivity index (χ0v) is 24.4. The Morgan fingerprint density at radius 3 is 2.02 bits per heavy atom. The molecule has 11 nitrogen and oxygen atoms in total. The number of nitrogens with one attached hydrogen (secondary N) is 4. The van der Waals surface area contributed by atoms with Crippen LogP contribution in [-0.4, -0.2) is 64.1 Å². The lowest BCUT2D eigenvalue weighted by Gasteiger charge is -2.29. The van der Waals surface area contributed by atoms with E-state index in [0.29, 0.717) is 24.6 Å². The number of hydrogen-bond acceptors (Lipinski definition) is 7. The van der Waals surface area contributed by atoms with Gasteiger partial charge in [-0.2, -0.15) is 0 Å². The molecule has 0 aliphatic heterocycles. The zero-order valence-electron chi connectivity index (χ0n) is 24.4.